The Morgan fingerprint density at radius 3 is 2.35 bits per heavy atom. The second kappa shape index (κ2) is 5.52. The molecule has 4 heteroatoms. The van der Waals surface area contributed by atoms with Crippen LogP contribution in [0.2, 0.25) is 0 Å². The topological polar surface area (TPSA) is 49.4 Å². The first-order valence-electron chi connectivity index (χ1n) is 6.56. The standard InChI is InChI=1S/C13H24N2O2/c1-5-7-8-10(6-2)9-15-12(17)14-11(16)13(15,3)4/h10H,5-9H2,1-4H3,(H,14,16,17). The number of amides is 3. The van der Waals surface area contributed by atoms with E-state index in [1.54, 1.807) is 18.7 Å². The van der Waals surface area contributed by atoms with Crippen molar-refractivity contribution in [3.63, 3.8) is 0 Å². The van der Waals surface area contributed by atoms with Gasteiger partial charge in [-0.15, -0.1) is 0 Å². The zero-order valence-electron chi connectivity index (χ0n) is 11.4. The van der Waals surface area contributed by atoms with Crippen LogP contribution in [0.4, 0.5) is 4.79 Å². The third-order valence-corrected chi connectivity index (χ3v) is 3.68. The highest BCUT2D eigenvalue weighted by Gasteiger charge is 2.45. The summed E-state index contributed by atoms with van der Waals surface area (Å²) in [5, 5.41) is 2.39. The lowest BCUT2D eigenvalue weighted by atomic mass is 9.96. The summed E-state index contributed by atoms with van der Waals surface area (Å²) in [7, 11) is 0. The molecular weight excluding hydrogens is 216 g/mol. The zero-order valence-corrected chi connectivity index (χ0v) is 11.4. The van der Waals surface area contributed by atoms with E-state index in [-0.39, 0.29) is 11.9 Å². The summed E-state index contributed by atoms with van der Waals surface area (Å²) in [6.07, 6.45) is 4.53. The van der Waals surface area contributed by atoms with Crippen molar-refractivity contribution in [3.8, 4) is 0 Å². The molecule has 17 heavy (non-hydrogen) atoms. The molecule has 4 nitrogen and oxygen atoms in total. The highest BCUT2D eigenvalue weighted by Crippen LogP contribution is 2.24. The van der Waals surface area contributed by atoms with Crippen molar-refractivity contribution < 1.29 is 9.59 Å². The number of nitrogens with zero attached hydrogens (tertiary/aromatic N) is 1. The molecule has 1 fully saturated rings. The minimum absolute atomic E-state index is 0.187. The Bertz CT molecular complexity index is 300. The molecule has 0 aliphatic carbocycles. The van der Waals surface area contributed by atoms with Gasteiger partial charge in [0.1, 0.15) is 5.54 Å². The largest absolute Gasteiger partial charge is 0.325 e. The maximum atomic E-state index is 11.7. The van der Waals surface area contributed by atoms with Crippen molar-refractivity contribution >= 4 is 11.9 Å². The lowest BCUT2D eigenvalue weighted by molar-refractivity contribution is -0.125. The fraction of sp³-hybridized carbons (Fsp3) is 0.846. The maximum Gasteiger partial charge on any atom is 0.325 e. The van der Waals surface area contributed by atoms with Crippen molar-refractivity contribution in [2.45, 2.75) is 58.9 Å². The molecule has 0 radical (unpaired) electrons. The van der Waals surface area contributed by atoms with Gasteiger partial charge in [0.25, 0.3) is 5.91 Å². The summed E-state index contributed by atoms with van der Waals surface area (Å²) in [5.74, 6) is 0.304. The van der Waals surface area contributed by atoms with E-state index in [4.69, 9.17) is 0 Å². The van der Waals surface area contributed by atoms with Gasteiger partial charge >= 0.3 is 6.03 Å². The number of nitrogens with one attached hydrogen (secondary N) is 1. The monoisotopic (exact) mass is 240 g/mol. The van der Waals surface area contributed by atoms with E-state index in [0.29, 0.717) is 12.5 Å². The van der Waals surface area contributed by atoms with Crippen LogP contribution in [0.15, 0.2) is 0 Å². The van der Waals surface area contributed by atoms with Gasteiger partial charge in [-0.1, -0.05) is 33.1 Å². The summed E-state index contributed by atoms with van der Waals surface area (Å²) in [6, 6.07) is -0.241. The predicted molar refractivity (Wildman–Crippen MR) is 67.6 cm³/mol. The molecule has 1 atom stereocenters. The Balaban J connectivity index is 2.65. The smallest absolute Gasteiger partial charge is 0.310 e. The normalized spacial score (nSPS) is 20.6. The van der Waals surface area contributed by atoms with Crippen LogP contribution in [-0.2, 0) is 4.79 Å². The van der Waals surface area contributed by atoms with E-state index in [2.05, 4.69) is 19.2 Å². The van der Waals surface area contributed by atoms with E-state index in [0.717, 1.165) is 12.8 Å². The molecular formula is C13H24N2O2. The molecule has 1 unspecified atom stereocenters. The summed E-state index contributed by atoms with van der Waals surface area (Å²) < 4.78 is 0. The van der Waals surface area contributed by atoms with Crippen molar-refractivity contribution in [3.05, 3.63) is 0 Å². The lowest BCUT2D eigenvalue weighted by Gasteiger charge is -2.31. The summed E-state index contributed by atoms with van der Waals surface area (Å²) in [5.41, 5.74) is -0.698. The van der Waals surface area contributed by atoms with Gasteiger partial charge in [0.2, 0.25) is 0 Å². The van der Waals surface area contributed by atoms with Gasteiger partial charge in [0.15, 0.2) is 0 Å². The average Bonchev–Trinajstić information content (AvgIpc) is 2.46. The molecule has 0 aromatic rings. The number of imide groups is 1. The first-order valence-corrected chi connectivity index (χ1v) is 6.56. The van der Waals surface area contributed by atoms with Crippen LogP contribution in [0, 0.1) is 5.92 Å². The van der Waals surface area contributed by atoms with Gasteiger partial charge in [-0.2, -0.15) is 0 Å². The predicted octanol–water partition coefficient (Wildman–Crippen LogP) is 2.53. The SMILES string of the molecule is CCCCC(CC)CN1C(=O)NC(=O)C1(C)C. The van der Waals surface area contributed by atoms with E-state index in [1.807, 2.05) is 0 Å². The van der Waals surface area contributed by atoms with E-state index >= 15 is 0 Å². The van der Waals surface area contributed by atoms with Gasteiger partial charge in [-0.3, -0.25) is 10.1 Å². The third-order valence-electron chi connectivity index (χ3n) is 3.68. The minimum atomic E-state index is -0.698. The van der Waals surface area contributed by atoms with E-state index in [1.165, 1.54) is 12.8 Å². The van der Waals surface area contributed by atoms with Gasteiger partial charge in [-0.25, -0.2) is 4.79 Å². The minimum Gasteiger partial charge on any atom is -0.310 e. The average molecular weight is 240 g/mol. The number of carbonyl (C=O) groups excluding carboxylic acids is 2. The number of rotatable bonds is 6. The number of hydrogen-bond acceptors (Lipinski definition) is 2. The summed E-state index contributed by atoms with van der Waals surface area (Å²) >= 11 is 0. The summed E-state index contributed by atoms with van der Waals surface area (Å²) in [4.78, 5) is 25.0. The molecule has 1 saturated heterocycles. The van der Waals surface area contributed by atoms with Crippen LogP contribution >= 0.6 is 0 Å². The number of unbranched alkanes of at least 4 members (excludes halogenated alkanes) is 1. The Morgan fingerprint density at radius 1 is 1.29 bits per heavy atom. The van der Waals surface area contributed by atoms with Crippen molar-refractivity contribution in [2.75, 3.05) is 6.54 Å². The molecule has 1 N–H and O–H groups in total. The van der Waals surface area contributed by atoms with Gasteiger partial charge < -0.3 is 4.90 Å². The van der Waals surface area contributed by atoms with Crippen LogP contribution in [0.25, 0.3) is 0 Å². The highest BCUT2D eigenvalue weighted by atomic mass is 16.2. The molecule has 3 amide bonds. The van der Waals surface area contributed by atoms with Crippen LogP contribution in [0.1, 0.15) is 53.4 Å². The van der Waals surface area contributed by atoms with E-state index < -0.39 is 5.54 Å². The van der Waals surface area contributed by atoms with Gasteiger partial charge in [0.05, 0.1) is 0 Å². The highest BCUT2D eigenvalue weighted by molar-refractivity contribution is 6.06. The van der Waals surface area contributed by atoms with Gasteiger partial charge in [-0.05, 0) is 26.2 Å². The van der Waals surface area contributed by atoms with Crippen molar-refractivity contribution in [1.29, 1.82) is 0 Å². The van der Waals surface area contributed by atoms with Crippen molar-refractivity contribution in [2.24, 2.45) is 5.92 Å². The number of carbonyl (C=O) groups is 2. The van der Waals surface area contributed by atoms with E-state index in [9.17, 15) is 9.59 Å². The maximum absolute atomic E-state index is 11.7. The number of hydrogen-bond donors (Lipinski definition) is 1. The molecule has 0 bridgehead atoms. The Labute approximate surface area is 104 Å². The second-order valence-corrected chi connectivity index (χ2v) is 5.35. The second-order valence-electron chi connectivity index (χ2n) is 5.35. The molecule has 1 aliphatic heterocycles. The van der Waals surface area contributed by atoms with Crippen LogP contribution in [0.3, 0.4) is 0 Å². The summed E-state index contributed by atoms with van der Waals surface area (Å²) in [6.45, 7) is 8.60. The molecule has 0 spiro atoms. The molecule has 98 valence electrons. The molecule has 0 aromatic heterocycles. The van der Waals surface area contributed by atoms with Crippen LogP contribution in [-0.4, -0.2) is 28.9 Å². The zero-order chi connectivity index (χ0) is 13.1. The Morgan fingerprint density at radius 2 is 1.94 bits per heavy atom. The molecule has 1 aliphatic rings. The Kier molecular flexibility index (Phi) is 4.54. The molecule has 1 rings (SSSR count). The fourth-order valence-corrected chi connectivity index (χ4v) is 2.18. The number of urea groups is 1. The van der Waals surface area contributed by atoms with Crippen LogP contribution < -0.4 is 5.32 Å². The van der Waals surface area contributed by atoms with Crippen LogP contribution in [0.5, 0.6) is 0 Å². The first-order chi connectivity index (χ1) is 7.93. The van der Waals surface area contributed by atoms with Gasteiger partial charge in [0, 0.05) is 6.54 Å². The van der Waals surface area contributed by atoms with Crippen molar-refractivity contribution in [1.82, 2.24) is 10.2 Å². The molecule has 0 saturated carbocycles. The Hall–Kier alpha value is -1.06. The molecule has 0 aromatic carbocycles. The third kappa shape index (κ3) is 2.99. The fourth-order valence-electron chi connectivity index (χ4n) is 2.18. The molecule has 1 heterocycles. The lowest BCUT2D eigenvalue weighted by Crippen LogP contribution is -2.46. The quantitative estimate of drug-likeness (QED) is 0.725. The first kappa shape index (κ1) is 14.0.